The number of rotatable bonds is 7. The summed E-state index contributed by atoms with van der Waals surface area (Å²) in [6.45, 7) is 0.0495. The van der Waals surface area contributed by atoms with E-state index in [1.807, 2.05) is 16.8 Å². The van der Waals surface area contributed by atoms with Crippen molar-refractivity contribution in [3.63, 3.8) is 0 Å². The summed E-state index contributed by atoms with van der Waals surface area (Å²) >= 11 is 1.54. The summed E-state index contributed by atoms with van der Waals surface area (Å²) in [5.41, 5.74) is 1.00. The molecule has 0 aliphatic heterocycles. The highest BCUT2D eigenvalue weighted by Gasteiger charge is 2.12. The molecule has 24 heavy (non-hydrogen) atoms. The van der Waals surface area contributed by atoms with Crippen molar-refractivity contribution >= 4 is 35.2 Å². The Balaban J connectivity index is 1.78. The van der Waals surface area contributed by atoms with Crippen LogP contribution in [0.1, 0.15) is 11.3 Å². The zero-order valence-corrected chi connectivity index (χ0v) is 13.5. The van der Waals surface area contributed by atoms with Gasteiger partial charge < -0.3 is 14.1 Å². The SMILES string of the molecule is CN(Cc1ccsc1)C(=O)COC(=O)/C=C/c1ccc([N+](=O)[O-])o1. The molecule has 2 aromatic rings. The molecule has 126 valence electrons. The van der Waals surface area contributed by atoms with Gasteiger partial charge in [0.1, 0.15) is 10.7 Å². The molecule has 0 saturated carbocycles. The third kappa shape index (κ3) is 5.06. The summed E-state index contributed by atoms with van der Waals surface area (Å²) in [7, 11) is 1.62. The van der Waals surface area contributed by atoms with Crippen LogP contribution < -0.4 is 0 Å². The summed E-state index contributed by atoms with van der Waals surface area (Å²) in [4.78, 5) is 34.6. The molecular formula is C15H14N2O6S. The second kappa shape index (κ2) is 8.06. The highest BCUT2D eigenvalue weighted by atomic mass is 32.1. The van der Waals surface area contributed by atoms with Crippen LogP contribution in [0.15, 0.2) is 39.5 Å². The fourth-order valence-electron chi connectivity index (χ4n) is 1.72. The predicted molar refractivity (Wildman–Crippen MR) is 86.1 cm³/mol. The summed E-state index contributed by atoms with van der Waals surface area (Å²) in [6.07, 6.45) is 2.27. The van der Waals surface area contributed by atoms with Crippen LogP contribution >= 0.6 is 11.3 Å². The molecule has 0 aliphatic rings. The molecular weight excluding hydrogens is 336 g/mol. The van der Waals surface area contributed by atoms with Gasteiger partial charge in [-0.15, -0.1) is 0 Å². The van der Waals surface area contributed by atoms with Crippen molar-refractivity contribution in [2.45, 2.75) is 6.54 Å². The lowest BCUT2D eigenvalue weighted by Gasteiger charge is -2.15. The zero-order chi connectivity index (χ0) is 17.5. The molecule has 2 rings (SSSR count). The Kier molecular flexibility index (Phi) is 5.85. The van der Waals surface area contributed by atoms with Crippen molar-refractivity contribution in [2.75, 3.05) is 13.7 Å². The largest absolute Gasteiger partial charge is 0.452 e. The minimum absolute atomic E-state index is 0.138. The quantitative estimate of drug-likeness (QED) is 0.329. The molecule has 0 saturated heterocycles. The smallest absolute Gasteiger partial charge is 0.433 e. The molecule has 9 heteroatoms. The van der Waals surface area contributed by atoms with E-state index in [0.29, 0.717) is 6.54 Å². The van der Waals surface area contributed by atoms with E-state index in [1.165, 1.54) is 34.4 Å². The van der Waals surface area contributed by atoms with Gasteiger partial charge in [-0.3, -0.25) is 14.9 Å². The number of furan rings is 1. The molecule has 0 radical (unpaired) electrons. The van der Waals surface area contributed by atoms with Gasteiger partial charge in [-0.2, -0.15) is 11.3 Å². The molecule has 8 nitrogen and oxygen atoms in total. The van der Waals surface area contributed by atoms with Gasteiger partial charge in [0, 0.05) is 19.7 Å². The highest BCUT2D eigenvalue weighted by molar-refractivity contribution is 7.07. The first-order valence-electron chi connectivity index (χ1n) is 6.80. The topological polar surface area (TPSA) is 103 Å². The minimum Gasteiger partial charge on any atom is -0.452 e. The summed E-state index contributed by atoms with van der Waals surface area (Å²) in [5.74, 6) is -1.37. The molecule has 0 fully saturated rings. The number of nitro groups is 1. The maximum Gasteiger partial charge on any atom is 0.433 e. The van der Waals surface area contributed by atoms with E-state index in [-0.39, 0.29) is 18.3 Å². The van der Waals surface area contributed by atoms with Gasteiger partial charge in [-0.25, -0.2) is 4.79 Å². The predicted octanol–water partition coefficient (Wildman–Crippen LogP) is 2.46. The number of esters is 1. The molecule has 0 spiro atoms. The maximum atomic E-state index is 11.9. The van der Waals surface area contributed by atoms with E-state index >= 15 is 0 Å². The van der Waals surface area contributed by atoms with Gasteiger partial charge in [0.15, 0.2) is 6.61 Å². The molecule has 0 unspecified atom stereocenters. The lowest BCUT2D eigenvalue weighted by molar-refractivity contribution is -0.402. The van der Waals surface area contributed by atoms with Crippen molar-refractivity contribution in [1.82, 2.24) is 4.90 Å². The van der Waals surface area contributed by atoms with Crippen molar-refractivity contribution in [3.8, 4) is 0 Å². The molecule has 1 amide bonds. The molecule has 0 atom stereocenters. The number of thiophene rings is 1. The van der Waals surface area contributed by atoms with Crippen LogP contribution in [0.2, 0.25) is 0 Å². The van der Waals surface area contributed by atoms with Crippen molar-refractivity contribution < 1.29 is 23.7 Å². The molecule has 0 bridgehead atoms. The van der Waals surface area contributed by atoms with E-state index in [0.717, 1.165) is 11.6 Å². The average molecular weight is 350 g/mol. The lowest BCUT2D eigenvalue weighted by Crippen LogP contribution is -2.30. The van der Waals surface area contributed by atoms with Gasteiger partial charge in [-0.05, 0) is 34.5 Å². The van der Waals surface area contributed by atoms with Crippen LogP contribution in [0.25, 0.3) is 6.08 Å². The molecule has 2 aromatic heterocycles. The number of amides is 1. The van der Waals surface area contributed by atoms with Gasteiger partial charge in [0.05, 0.1) is 6.07 Å². The number of hydrogen-bond acceptors (Lipinski definition) is 7. The van der Waals surface area contributed by atoms with Gasteiger partial charge in [0.2, 0.25) is 0 Å². The van der Waals surface area contributed by atoms with Crippen LogP contribution in [0.4, 0.5) is 5.88 Å². The van der Waals surface area contributed by atoms with E-state index in [4.69, 9.17) is 9.15 Å². The van der Waals surface area contributed by atoms with E-state index < -0.39 is 16.8 Å². The second-order valence-electron chi connectivity index (χ2n) is 4.76. The Hall–Kier alpha value is -2.94. The van der Waals surface area contributed by atoms with Crippen molar-refractivity contribution in [3.05, 3.63) is 56.5 Å². The van der Waals surface area contributed by atoms with Crippen LogP contribution in [0.3, 0.4) is 0 Å². The van der Waals surface area contributed by atoms with E-state index in [9.17, 15) is 19.7 Å². The standard InChI is InChI=1S/C15H14N2O6S/c1-16(8-11-6-7-24-10-11)13(18)9-22-15(19)5-3-12-2-4-14(23-12)17(20)21/h2-7,10H,8-9H2,1H3/b5-3+. The number of nitrogens with zero attached hydrogens (tertiary/aromatic N) is 2. The number of carbonyl (C=O) groups is 2. The van der Waals surface area contributed by atoms with E-state index in [2.05, 4.69) is 0 Å². The number of likely N-dealkylation sites (N-methyl/N-ethyl adjacent to an activating group) is 1. The third-order valence-corrected chi connectivity index (χ3v) is 3.67. The molecule has 2 heterocycles. The first-order valence-corrected chi connectivity index (χ1v) is 7.74. The average Bonchev–Trinajstić information content (AvgIpc) is 3.21. The fraction of sp³-hybridized carbons (Fsp3) is 0.200. The summed E-state index contributed by atoms with van der Waals surface area (Å²) in [6, 6.07) is 4.43. The first-order chi connectivity index (χ1) is 11.5. The van der Waals surface area contributed by atoms with Crippen molar-refractivity contribution in [1.29, 1.82) is 0 Å². The minimum atomic E-state index is -0.744. The summed E-state index contributed by atoms with van der Waals surface area (Å²) < 4.78 is 9.68. The van der Waals surface area contributed by atoms with Crippen molar-refractivity contribution in [2.24, 2.45) is 0 Å². The number of hydrogen-bond donors (Lipinski definition) is 0. The number of ether oxygens (including phenoxy) is 1. The molecule has 0 aliphatic carbocycles. The monoisotopic (exact) mass is 350 g/mol. The lowest BCUT2D eigenvalue weighted by atomic mass is 10.3. The third-order valence-electron chi connectivity index (χ3n) is 2.94. The first kappa shape index (κ1) is 17.4. The van der Waals surface area contributed by atoms with Gasteiger partial charge in [-0.1, -0.05) is 0 Å². The van der Waals surface area contributed by atoms with Crippen LogP contribution in [0, 0.1) is 10.1 Å². The second-order valence-corrected chi connectivity index (χ2v) is 5.54. The molecule has 0 aromatic carbocycles. The van der Waals surface area contributed by atoms with Crippen LogP contribution in [0.5, 0.6) is 0 Å². The fourth-order valence-corrected chi connectivity index (χ4v) is 2.38. The Morgan fingerprint density at radius 3 is 2.83 bits per heavy atom. The number of carbonyl (C=O) groups excluding carboxylic acids is 2. The Labute approximate surface area is 141 Å². The highest BCUT2D eigenvalue weighted by Crippen LogP contribution is 2.16. The maximum absolute atomic E-state index is 11.9. The summed E-state index contributed by atoms with van der Waals surface area (Å²) in [5, 5.41) is 14.3. The van der Waals surface area contributed by atoms with Crippen LogP contribution in [-0.4, -0.2) is 35.4 Å². The molecule has 0 N–H and O–H groups in total. The van der Waals surface area contributed by atoms with Gasteiger partial charge in [0.25, 0.3) is 5.91 Å². The zero-order valence-electron chi connectivity index (χ0n) is 12.7. The van der Waals surface area contributed by atoms with Crippen LogP contribution in [-0.2, 0) is 20.9 Å². The Morgan fingerprint density at radius 2 is 2.21 bits per heavy atom. The van der Waals surface area contributed by atoms with E-state index in [1.54, 1.807) is 7.05 Å². The Bertz CT molecular complexity index is 750. The normalized spacial score (nSPS) is 10.7. The van der Waals surface area contributed by atoms with Gasteiger partial charge >= 0.3 is 11.9 Å². The Morgan fingerprint density at radius 1 is 1.42 bits per heavy atom.